The van der Waals surface area contributed by atoms with Crippen molar-refractivity contribution in [2.24, 2.45) is 5.92 Å². The summed E-state index contributed by atoms with van der Waals surface area (Å²) in [7, 11) is 5.70. The Morgan fingerprint density at radius 3 is 2.78 bits per heavy atom. The number of carbonyl (C=O) groups is 1. The van der Waals surface area contributed by atoms with Crippen molar-refractivity contribution in [1.29, 1.82) is 0 Å². The Labute approximate surface area is 144 Å². The van der Waals surface area contributed by atoms with Gasteiger partial charge in [0.2, 0.25) is 0 Å². The fourth-order valence-corrected chi connectivity index (χ4v) is 3.67. The number of rotatable bonds is 6. The highest BCUT2D eigenvalue weighted by Gasteiger charge is 2.31. The Bertz CT molecular complexity index is 521. The maximum atomic E-state index is 11.5. The molecule has 1 aliphatic heterocycles. The average Bonchev–Trinajstić information content (AvgIpc) is 2.54. The van der Waals surface area contributed by atoms with Crippen molar-refractivity contribution in [3.05, 3.63) is 34.9 Å². The lowest BCUT2D eigenvalue weighted by atomic mass is 9.87. The molecular weight excluding hydrogens is 312 g/mol. The third-order valence-electron chi connectivity index (χ3n) is 4.74. The number of carbonyl (C=O) groups excluding carboxylic acids is 1. The van der Waals surface area contributed by atoms with Gasteiger partial charge < -0.3 is 9.64 Å². The second kappa shape index (κ2) is 8.67. The van der Waals surface area contributed by atoms with Gasteiger partial charge in [0.25, 0.3) is 0 Å². The number of nitrogens with zero attached hydrogens (tertiary/aromatic N) is 2. The molecule has 0 N–H and O–H groups in total. The van der Waals surface area contributed by atoms with Crippen LogP contribution < -0.4 is 0 Å². The minimum Gasteiger partial charge on any atom is -0.469 e. The van der Waals surface area contributed by atoms with E-state index >= 15 is 0 Å². The van der Waals surface area contributed by atoms with E-state index in [1.807, 2.05) is 18.2 Å². The van der Waals surface area contributed by atoms with Gasteiger partial charge in [-0.25, -0.2) is 0 Å². The third-order valence-corrected chi connectivity index (χ3v) is 5.11. The molecule has 5 heteroatoms. The van der Waals surface area contributed by atoms with Crippen molar-refractivity contribution in [3.8, 4) is 0 Å². The molecular formula is C18H27ClN2O2. The van der Waals surface area contributed by atoms with Crippen molar-refractivity contribution in [1.82, 2.24) is 9.80 Å². The van der Waals surface area contributed by atoms with Crippen molar-refractivity contribution in [3.63, 3.8) is 0 Å². The monoisotopic (exact) mass is 338 g/mol. The molecule has 23 heavy (non-hydrogen) atoms. The smallest absolute Gasteiger partial charge is 0.305 e. The summed E-state index contributed by atoms with van der Waals surface area (Å²) in [4.78, 5) is 16.2. The highest BCUT2D eigenvalue weighted by atomic mass is 35.5. The largest absolute Gasteiger partial charge is 0.469 e. The molecule has 0 amide bonds. The normalized spacial score (nSPS) is 22.3. The Morgan fingerprint density at radius 1 is 1.39 bits per heavy atom. The van der Waals surface area contributed by atoms with E-state index in [-0.39, 0.29) is 5.97 Å². The average molecular weight is 339 g/mol. The lowest BCUT2D eigenvalue weighted by Gasteiger charge is -2.41. The maximum absolute atomic E-state index is 11.5. The number of likely N-dealkylation sites (tertiary alicyclic amines) is 1. The van der Waals surface area contributed by atoms with E-state index in [0.29, 0.717) is 18.4 Å². The van der Waals surface area contributed by atoms with Crippen LogP contribution in [0.25, 0.3) is 0 Å². The first-order chi connectivity index (χ1) is 11.0. The van der Waals surface area contributed by atoms with Gasteiger partial charge in [0.15, 0.2) is 0 Å². The Hall–Kier alpha value is -1.10. The topological polar surface area (TPSA) is 32.8 Å². The molecule has 1 saturated heterocycles. The summed E-state index contributed by atoms with van der Waals surface area (Å²) in [6, 6.07) is 8.54. The summed E-state index contributed by atoms with van der Waals surface area (Å²) in [5, 5.41) is 0.827. The van der Waals surface area contributed by atoms with E-state index in [1.54, 1.807) is 0 Å². The molecule has 2 atom stereocenters. The lowest BCUT2D eigenvalue weighted by Crippen LogP contribution is -2.48. The molecule has 128 valence electrons. The second-order valence-corrected chi connectivity index (χ2v) is 6.93. The van der Waals surface area contributed by atoms with Gasteiger partial charge in [-0.1, -0.05) is 29.8 Å². The molecule has 0 saturated carbocycles. The van der Waals surface area contributed by atoms with Gasteiger partial charge in [0.05, 0.1) is 7.11 Å². The van der Waals surface area contributed by atoms with Crippen LogP contribution in [0.15, 0.2) is 24.3 Å². The summed E-state index contributed by atoms with van der Waals surface area (Å²) in [6.45, 7) is 2.92. The van der Waals surface area contributed by atoms with Crippen LogP contribution in [0.2, 0.25) is 5.02 Å². The maximum Gasteiger partial charge on any atom is 0.305 e. The molecule has 0 aromatic heterocycles. The SMILES string of the molecule is COC(=O)CC[C@H]1CN(Cc2ccccc2Cl)CC[C@H]1N(C)C. The van der Waals surface area contributed by atoms with E-state index in [9.17, 15) is 4.79 Å². The molecule has 1 aliphatic rings. The van der Waals surface area contributed by atoms with Crippen LogP contribution >= 0.6 is 11.6 Å². The zero-order chi connectivity index (χ0) is 16.8. The number of hydrogen-bond acceptors (Lipinski definition) is 4. The molecule has 0 bridgehead atoms. The van der Waals surface area contributed by atoms with Crippen LogP contribution in [-0.2, 0) is 16.1 Å². The van der Waals surface area contributed by atoms with E-state index in [2.05, 4.69) is 30.0 Å². The summed E-state index contributed by atoms with van der Waals surface area (Å²) in [6.07, 6.45) is 2.48. The molecule has 1 heterocycles. The zero-order valence-electron chi connectivity index (χ0n) is 14.3. The molecule has 0 unspecified atom stereocenters. The fraction of sp³-hybridized carbons (Fsp3) is 0.611. The van der Waals surface area contributed by atoms with E-state index in [1.165, 1.54) is 12.7 Å². The predicted octanol–water partition coefficient (Wildman–Crippen LogP) is 3.05. The van der Waals surface area contributed by atoms with Crippen LogP contribution in [0.4, 0.5) is 0 Å². The first-order valence-electron chi connectivity index (χ1n) is 8.20. The number of esters is 1. The molecule has 1 aromatic rings. The highest BCUT2D eigenvalue weighted by molar-refractivity contribution is 6.31. The fourth-order valence-electron chi connectivity index (χ4n) is 3.48. The number of ether oxygens (including phenoxy) is 1. The van der Waals surface area contributed by atoms with Crippen molar-refractivity contribution < 1.29 is 9.53 Å². The van der Waals surface area contributed by atoms with Gasteiger partial charge in [-0.15, -0.1) is 0 Å². The Morgan fingerprint density at radius 2 is 2.13 bits per heavy atom. The molecule has 2 rings (SSSR count). The number of hydrogen-bond donors (Lipinski definition) is 0. The van der Waals surface area contributed by atoms with Gasteiger partial charge in [-0.05, 0) is 51.0 Å². The van der Waals surface area contributed by atoms with Crippen LogP contribution in [-0.4, -0.2) is 56.1 Å². The third kappa shape index (κ3) is 5.20. The Balaban J connectivity index is 1.99. The first kappa shape index (κ1) is 18.2. The number of methoxy groups -OCH3 is 1. The zero-order valence-corrected chi connectivity index (χ0v) is 15.1. The van der Waals surface area contributed by atoms with Crippen LogP contribution in [0, 0.1) is 5.92 Å². The van der Waals surface area contributed by atoms with Gasteiger partial charge in [-0.3, -0.25) is 9.69 Å². The standard InChI is InChI=1S/C18H27ClN2O2/c1-20(2)17-10-11-21(12-14-6-4-5-7-16(14)19)13-15(17)8-9-18(22)23-3/h4-7,15,17H,8-13H2,1-3H3/t15-,17+/m0/s1. The summed E-state index contributed by atoms with van der Waals surface area (Å²) >= 11 is 6.28. The molecule has 1 aromatic carbocycles. The van der Waals surface area contributed by atoms with E-state index in [4.69, 9.17) is 16.3 Å². The van der Waals surface area contributed by atoms with Gasteiger partial charge in [-0.2, -0.15) is 0 Å². The number of benzene rings is 1. The van der Waals surface area contributed by atoms with Crippen LogP contribution in [0.5, 0.6) is 0 Å². The van der Waals surface area contributed by atoms with Crippen LogP contribution in [0.3, 0.4) is 0 Å². The summed E-state index contributed by atoms with van der Waals surface area (Å²) in [5.41, 5.74) is 1.17. The lowest BCUT2D eigenvalue weighted by molar-refractivity contribution is -0.141. The van der Waals surface area contributed by atoms with Gasteiger partial charge in [0.1, 0.15) is 0 Å². The molecule has 0 radical (unpaired) electrons. The van der Waals surface area contributed by atoms with E-state index < -0.39 is 0 Å². The minimum absolute atomic E-state index is 0.120. The highest BCUT2D eigenvalue weighted by Crippen LogP contribution is 2.27. The Kier molecular flexibility index (Phi) is 6.88. The molecule has 0 aliphatic carbocycles. The first-order valence-corrected chi connectivity index (χ1v) is 8.58. The number of piperidine rings is 1. The van der Waals surface area contributed by atoms with Gasteiger partial charge in [0, 0.05) is 30.6 Å². The van der Waals surface area contributed by atoms with E-state index in [0.717, 1.165) is 37.5 Å². The molecule has 4 nitrogen and oxygen atoms in total. The van der Waals surface area contributed by atoms with Crippen molar-refractivity contribution in [2.45, 2.75) is 31.8 Å². The second-order valence-electron chi connectivity index (χ2n) is 6.52. The summed E-state index contributed by atoms with van der Waals surface area (Å²) in [5.74, 6) is 0.353. The predicted molar refractivity (Wildman–Crippen MR) is 93.6 cm³/mol. The molecule has 0 spiro atoms. The van der Waals surface area contributed by atoms with Gasteiger partial charge >= 0.3 is 5.97 Å². The van der Waals surface area contributed by atoms with Crippen molar-refractivity contribution in [2.75, 3.05) is 34.3 Å². The summed E-state index contributed by atoms with van der Waals surface area (Å²) < 4.78 is 4.79. The van der Waals surface area contributed by atoms with Crippen LogP contribution in [0.1, 0.15) is 24.8 Å². The quantitative estimate of drug-likeness (QED) is 0.746. The number of halogens is 1. The minimum atomic E-state index is -0.120. The van der Waals surface area contributed by atoms with Crippen molar-refractivity contribution >= 4 is 17.6 Å². The molecule has 1 fully saturated rings.